The van der Waals surface area contributed by atoms with Crippen LogP contribution in [-0.4, -0.2) is 39.6 Å². The van der Waals surface area contributed by atoms with Crippen LogP contribution in [0.3, 0.4) is 0 Å². The molecule has 6 nitrogen and oxygen atoms in total. The average molecular weight is 491 g/mol. The molecule has 1 aliphatic rings. The molecule has 2 atom stereocenters. The molecule has 0 radical (unpaired) electrons. The molecule has 0 saturated carbocycles. The topological polar surface area (TPSA) is 67.2 Å². The Balaban J connectivity index is 1.44. The van der Waals surface area contributed by atoms with Crippen molar-refractivity contribution in [3.8, 4) is 5.69 Å². The van der Waals surface area contributed by atoms with Crippen LogP contribution in [0.5, 0.6) is 0 Å². The van der Waals surface area contributed by atoms with E-state index in [1.165, 1.54) is 22.1 Å². The molecule has 10 heteroatoms. The zero-order valence-corrected chi connectivity index (χ0v) is 19.6. The number of aromatic nitrogens is 2. The van der Waals surface area contributed by atoms with Crippen LogP contribution in [0.15, 0.2) is 48.0 Å². The third-order valence-corrected chi connectivity index (χ3v) is 6.96. The predicted molar refractivity (Wildman–Crippen MR) is 123 cm³/mol. The van der Waals surface area contributed by atoms with E-state index in [0.717, 1.165) is 18.6 Å². The van der Waals surface area contributed by atoms with Crippen molar-refractivity contribution in [1.82, 2.24) is 20.0 Å². The molecule has 0 aliphatic carbocycles. The maximum atomic E-state index is 13.1. The van der Waals surface area contributed by atoms with Gasteiger partial charge in [-0.2, -0.15) is 18.3 Å². The monoisotopic (exact) mass is 490 g/mol. The van der Waals surface area contributed by atoms with Crippen LogP contribution in [0.1, 0.15) is 52.3 Å². The second kappa shape index (κ2) is 9.61. The largest absolute Gasteiger partial charge is 0.416 e. The lowest BCUT2D eigenvalue weighted by molar-refractivity contribution is -0.137. The van der Waals surface area contributed by atoms with E-state index >= 15 is 0 Å². The fourth-order valence-electron chi connectivity index (χ4n) is 4.26. The first-order chi connectivity index (χ1) is 16.1. The molecule has 1 saturated heterocycles. The molecule has 2 amide bonds. The number of rotatable bonds is 5. The molecule has 1 fully saturated rings. The number of piperidine rings is 1. The van der Waals surface area contributed by atoms with Crippen molar-refractivity contribution in [1.29, 1.82) is 0 Å². The number of halogens is 3. The fourth-order valence-corrected chi connectivity index (χ4v) is 4.95. The summed E-state index contributed by atoms with van der Waals surface area (Å²) in [5.74, 6) is -0.528. The van der Waals surface area contributed by atoms with Gasteiger partial charge >= 0.3 is 6.18 Å². The maximum Gasteiger partial charge on any atom is 0.416 e. The Morgan fingerprint density at radius 3 is 2.74 bits per heavy atom. The van der Waals surface area contributed by atoms with E-state index in [-0.39, 0.29) is 17.7 Å². The van der Waals surface area contributed by atoms with E-state index in [0.29, 0.717) is 41.3 Å². The van der Waals surface area contributed by atoms with Crippen LogP contribution < -0.4 is 5.32 Å². The first-order valence-electron chi connectivity index (χ1n) is 11.0. The summed E-state index contributed by atoms with van der Waals surface area (Å²) in [7, 11) is 0. The molecule has 2 unspecified atom stereocenters. The van der Waals surface area contributed by atoms with Gasteiger partial charge in [-0.3, -0.25) is 9.59 Å². The summed E-state index contributed by atoms with van der Waals surface area (Å²) in [4.78, 5) is 28.0. The normalized spacial score (nSPS) is 17.4. The van der Waals surface area contributed by atoms with Crippen molar-refractivity contribution < 1.29 is 22.8 Å². The molecular weight excluding hydrogens is 465 g/mol. The van der Waals surface area contributed by atoms with Gasteiger partial charge in [-0.25, -0.2) is 4.68 Å². The Labute approximate surface area is 199 Å². The van der Waals surface area contributed by atoms with Crippen LogP contribution in [-0.2, 0) is 11.0 Å². The van der Waals surface area contributed by atoms with Crippen molar-refractivity contribution in [2.75, 3.05) is 13.1 Å². The van der Waals surface area contributed by atoms with Crippen LogP contribution >= 0.6 is 11.3 Å². The highest BCUT2D eigenvalue weighted by Crippen LogP contribution is 2.31. The van der Waals surface area contributed by atoms with Gasteiger partial charge in [-0.15, -0.1) is 11.3 Å². The van der Waals surface area contributed by atoms with Gasteiger partial charge in [0.1, 0.15) is 0 Å². The Kier molecular flexibility index (Phi) is 6.79. The zero-order chi connectivity index (χ0) is 24.5. The number of carbonyl (C=O) groups excluding carboxylic acids is 2. The molecule has 3 aromatic rings. The molecule has 3 heterocycles. The zero-order valence-electron chi connectivity index (χ0n) is 18.8. The minimum atomic E-state index is -4.44. The van der Waals surface area contributed by atoms with Crippen molar-refractivity contribution in [3.63, 3.8) is 0 Å². The highest BCUT2D eigenvalue weighted by atomic mass is 32.1. The summed E-state index contributed by atoms with van der Waals surface area (Å²) in [6.07, 6.45) is -1.45. The smallest absolute Gasteiger partial charge is 0.349 e. The van der Waals surface area contributed by atoms with Gasteiger partial charge < -0.3 is 10.2 Å². The quantitative estimate of drug-likeness (QED) is 0.548. The van der Waals surface area contributed by atoms with Gasteiger partial charge in [0, 0.05) is 24.3 Å². The third-order valence-electron chi connectivity index (χ3n) is 6.10. The van der Waals surface area contributed by atoms with Crippen molar-refractivity contribution in [2.24, 2.45) is 5.92 Å². The van der Waals surface area contributed by atoms with E-state index in [9.17, 15) is 22.8 Å². The third kappa shape index (κ3) is 5.01. The molecule has 4 rings (SSSR count). The minimum absolute atomic E-state index is 0.0567. The van der Waals surface area contributed by atoms with Crippen molar-refractivity contribution >= 4 is 23.2 Å². The van der Waals surface area contributed by atoms with Gasteiger partial charge in [0.25, 0.3) is 5.91 Å². The first kappa shape index (κ1) is 24.0. The van der Waals surface area contributed by atoms with Crippen LogP contribution in [0.2, 0.25) is 0 Å². The van der Waals surface area contributed by atoms with Crippen molar-refractivity contribution in [2.45, 2.75) is 38.9 Å². The Morgan fingerprint density at radius 1 is 1.24 bits per heavy atom. The van der Waals surface area contributed by atoms with Gasteiger partial charge in [-0.05, 0) is 56.3 Å². The lowest BCUT2D eigenvalue weighted by atomic mass is 9.96. The van der Waals surface area contributed by atoms with E-state index in [2.05, 4.69) is 10.4 Å². The number of thiophene rings is 1. The lowest BCUT2D eigenvalue weighted by Gasteiger charge is -2.32. The Morgan fingerprint density at radius 2 is 2.03 bits per heavy atom. The number of nitrogens with zero attached hydrogens (tertiary/aromatic N) is 3. The Bertz CT molecular complexity index is 1170. The highest BCUT2D eigenvalue weighted by molar-refractivity contribution is 7.12. The molecule has 0 bridgehead atoms. The summed E-state index contributed by atoms with van der Waals surface area (Å²) >= 11 is 1.38. The predicted octanol–water partition coefficient (Wildman–Crippen LogP) is 4.99. The summed E-state index contributed by atoms with van der Waals surface area (Å²) in [6.45, 7) is 4.56. The molecule has 1 aromatic carbocycles. The SMILES string of the molecule is Cc1c(C(C)NC(=O)C2CCCN(C(=O)c3cccs3)C2)cnn1-c1cccc(C(F)(F)F)c1. The second-order valence-electron chi connectivity index (χ2n) is 8.44. The first-order valence-corrected chi connectivity index (χ1v) is 11.9. The van der Waals surface area contributed by atoms with Crippen molar-refractivity contribution in [3.05, 3.63) is 69.7 Å². The molecule has 0 spiro atoms. The molecule has 2 aromatic heterocycles. The number of benzene rings is 1. The van der Waals surface area contributed by atoms with E-state index in [1.807, 2.05) is 18.4 Å². The number of nitrogens with one attached hydrogen (secondary N) is 1. The number of hydrogen-bond acceptors (Lipinski definition) is 4. The van der Waals surface area contributed by atoms with E-state index in [4.69, 9.17) is 0 Å². The fraction of sp³-hybridized carbons (Fsp3) is 0.375. The number of alkyl halides is 3. The summed E-state index contributed by atoms with van der Waals surface area (Å²) in [5.41, 5.74) is 0.909. The molecule has 1 N–H and O–H groups in total. The van der Waals surface area contributed by atoms with Gasteiger partial charge in [0.15, 0.2) is 0 Å². The lowest BCUT2D eigenvalue weighted by Crippen LogP contribution is -2.45. The van der Waals surface area contributed by atoms with Crippen LogP contribution in [0, 0.1) is 12.8 Å². The number of hydrogen-bond donors (Lipinski definition) is 1. The summed E-state index contributed by atoms with van der Waals surface area (Å²) < 4.78 is 40.7. The summed E-state index contributed by atoms with van der Waals surface area (Å²) in [6, 6.07) is 8.19. The second-order valence-corrected chi connectivity index (χ2v) is 9.39. The molecular formula is C24H25F3N4O2S. The number of carbonyl (C=O) groups is 2. The number of likely N-dealkylation sites (tertiary alicyclic amines) is 1. The Hall–Kier alpha value is -3.14. The minimum Gasteiger partial charge on any atom is -0.349 e. The molecule has 34 heavy (non-hydrogen) atoms. The van der Waals surface area contributed by atoms with E-state index < -0.39 is 17.8 Å². The molecule has 1 aliphatic heterocycles. The highest BCUT2D eigenvalue weighted by Gasteiger charge is 2.32. The standard InChI is InChI=1S/C24H25F3N4O2S/c1-15(20-13-28-31(16(20)2)19-8-3-7-18(12-19)24(25,26)27)29-22(32)17-6-4-10-30(14-17)23(33)21-9-5-11-34-21/h3,5,7-9,11-13,15,17H,4,6,10,14H2,1-2H3,(H,29,32). The summed E-state index contributed by atoms with van der Waals surface area (Å²) in [5, 5.41) is 9.11. The van der Waals surface area contributed by atoms with Crippen LogP contribution in [0.25, 0.3) is 5.69 Å². The average Bonchev–Trinajstić information content (AvgIpc) is 3.48. The van der Waals surface area contributed by atoms with Gasteiger partial charge in [0.05, 0.1) is 34.3 Å². The van der Waals surface area contributed by atoms with Gasteiger partial charge in [-0.1, -0.05) is 12.1 Å². The van der Waals surface area contributed by atoms with E-state index in [1.54, 1.807) is 30.2 Å². The van der Waals surface area contributed by atoms with Crippen LogP contribution in [0.4, 0.5) is 13.2 Å². The van der Waals surface area contributed by atoms with Gasteiger partial charge in [0.2, 0.25) is 5.91 Å². The number of amides is 2. The maximum absolute atomic E-state index is 13.1. The molecule has 180 valence electrons.